The number of hydrogen-bond donors (Lipinski definition) is 2. The summed E-state index contributed by atoms with van der Waals surface area (Å²) < 4.78 is 28.0. The summed E-state index contributed by atoms with van der Waals surface area (Å²) in [6.07, 6.45) is 0. The van der Waals surface area contributed by atoms with Gasteiger partial charge in [-0.2, -0.15) is 0 Å². The maximum absolute atomic E-state index is 12.3. The first kappa shape index (κ1) is 16.0. The van der Waals surface area contributed by atoms with Crippen LogP contribution in [0.3, 0.4) is 0 Å². The monoisotopic (exact) mass is 433 g/mol. The Balaban J connectivity index is 2.40. The topological polar surface area (TPSA) is 83.5 Å². The first-order valence-corrected chi connectivity index (χ1v) is 8.68. The lowest BCUT2D eigenvalue weighted by atomic mass is 10.2. The van der Waals surface area contributed by atoms with Crippen LogP contribution < -0.4 is 4.72 Å². The zero-order valence-electron chi connectivity index (χ0n) is 10.4. The Kier molecular flexibility index (Phi) is 4.70. The molecule has 0 bridgehead atoms. The fourth-order valence-electron chi connectivity index (χ4n) is 1.60. The fraction of sp³-hybridized carbons (Fsp3) is 0. The van der Waals surface area contributed by atoms with Crippen LogP contribution in [0.15, 0.2) is 56.3 Å². The Morgan fingerprint density at radius 2 is 1.81 bits per heavy atom. The number of halogens is 2. The number of hydrogen-bond acceptors (Lipinski definition) is 3. The third kappa shape index (κ3) is 3.84. The second-order valence-electron chi connectivity index (χ2n) is 4.06. The van der Waals surface area contributed by atoms with Crippen molar-refractivity contribution in [2.75, 3.05) is 4.72 Å². The maximum atomic E-state index is 12.3. The summed E-state index contributed by atoms with van der Waals surface area (Å²) in [5, 5.41) is 9.03. The molecule has 0 saturated carbocycles. The van der Waals surface area contributed by atoms with Crippen molar-refractivity contribution < 1.29 is 18.3 Å². The van der Waals surface area contributed by atoms with E-state index in [1.165, 1.54) is 12.1 Å². The van der Waals surface area contributed by atoms with Gasteiger partial charge >= 0.3 is 5.97 Å². The summed E-state index contributed by atoms with van der Waals surface area (Å²) >= 11 is 6.32. The molecule has 0 unspecified atom stereocenters. The molecule has 0 spiro atoms. The molecule has 0 radical (unpaired) electrons. The van der Waals surface area contributed by atoms with Crippen LogP contribution in [-0.4, -0.2) is 19.5 Å². The Labute approximate surface area is 138 Å². The van der Waals surface area contributed by atoms with E-state index in [0.717, 1.165) is 10.5 Å². The van der Waals surface area contributed by atoms with Gasteiger partial charge in [0, 0.05) is 14.6 Å². The van der Waals surface area contributed by atoms with E-state index in [-0.39, 0.29) is 10.5 Å². The third-order valence-electron chi connectivity index (χ3n) is 2.56. The SMILES string of the molecule is O=C(O)c1cc(S(=O)(=O)Nc2cccc(Br)c2)ccc1Br. The molecule has 2 aromatic carbocycles. The van der Waals surface area contributed by atoms with Crippen LogP contribution in [0, 0.1) is 0 Å². The highest BCUT2D eigenvalue weighted by molar-refractivity contribution is 9.10. The highest BCUT2D eigenvalue weighted by atomic mass is 79.9. The Hall–Kier alpha value is -1.38. The highest BCUT2D eigenvalue weighted by Gasteiger charge is 2.18. The van der Waals surface area contributed by atoms with Crippen molar-refractivity contribution in [3.8, 4) is 0 Å². The van der Waals surface area contributed by atoms with Gasteiger partial charge in [-0.3, -0.25) is 4.72 Å². The Morgan fingerprint density at radius 1 is 1.10 bits per heavy atom. The zero-order valence-corrected chi connectivity index (χ0v) is 14.4. The number of carbonyl (C=O) groups is 1. The minimum atomic E-state index is -3.86. The largest absolute Gasteiger partial charge is 0.478 e. The molecule has 0 aliphatic rings. The average molecular weight is 435 g/mol. The lowest BCUT2D eigenvalue weighted by molar-refractivity contribution is 0.0695. The number of rotatable bonds is 4. The van der Waals surface area contributed by atoms with Gasteiger partial charge in [0.25, 0.3) is 10.0 Å². The van der Waals surface area contributed by atoms with E-state index in [2.05, 4.69) is 36.6 Å². The van der Waals surface area contributed by atoms with Crippen LogP contribution in [0.1, 0.15) is 10.4 Å². The molecule has 0 amide bonds. The number of carboxylic acid groups (broad SMARTS) is 1. The molecular weight excluding hydrogens is 426 g/mol. The molecule has 0 aliphatic heterocycles. The van der Waals surface area contributed by atoms with E-state index in [0.29, 0.717) is 10.2 Å². The quantitative estimate of drug-likeness (QED) is 0.768. The predicted octanol–water partition coefficient (Wildman–Crippen LogP) is 3.71. The fourth-order valence-corrected chi connectivity index (χ4v) is 3.49. The minimum Gasteiger partial charge on any atom is -0.478 e. The van der Waals surface area contributed by atoms with Gasteiger partial charge in [-0.15, -0.1) is 0 Å². The van der Waals surface area contributed by atoms with Gasteiger partial charge in [0.05, 0.1) is 10.5 Å². The molecule has 0 fully saturated rings. The van der Waals surface area contributed by atoms with Crippen molar-refractivity contribution in [2.45, 2.75) is 4.90 Å². The van der Waals surface area contributed by atoms with E-state index in [1.807, 2.05) is 0 Å². The first-order chi connectivity index (χ1) is 9.79. The summed E-state index contributed by atoms with van der Waals surface area (Å²) in [6, 6.07) is 10.5. The summed E-state index contributed by atoms with van der Waals surface area (Å²) in [5.74, 6) is -1.21. The smallest absolute Gasteiger partial charge is 0.336 e. The van der Waals surface area contributed by atoms with E-state index in [1.54, 1.807) is 24.3 Å². The van der Waals surface area contributed by atoms with Crippen molar-refractivity contribution in [1.29, 1.82) is 0 Å². The summed E-state index contributed by atoms with van der Waals surface area (Å²) in [5.41, 5.74) is 0.260. The van der Waals surface area contributed by atoms with Crippen LogP contribution in [-0.2, 0) is 10.0 Å². The predicted molar refractivity (Wildman–Crippen MR) is 86.1 cm³/mol. The Morgan fingerprint density at radius 3 is 2.43 bits per heavy atom. The molecule has 2 N–H and O–H groups in total. The number of nitrogens with one attached hydrogen (secondary N) is 1. The molecule has 0 saturated heterocycles. The van der Waals surface area contributed by atoms with Gasteiger partial charge in [0.1, 0.15) is 0 Å². The van der Waals surface area contributed by atoms with Crippen molar-refractivity contribution in [2.24, 2.45) is 0 Å². The van der Waals surface area contributed by atoms with E-state index < -0.39 is 16.0 Å². The molecule has 0 aromatic heterocycles. The van der Waals surface area contributed by atoms with Crippen LogP contribution in [0.4, 0.5) is 5.69 Å². The van der Waals surface area contributed by atoms with E-state index in [9.17, 15) is 13.2 Å². The van der Waals surface area contributed by atoms with Gasteiger partial charge in [-0.25, -0.2) is 13.2 Å². The molecule has 110 valence electrons. The van der Waals surface area contributed by atoms with Crippen molar-refractivity contribution in [1.82, 2.24) is 0 Å². The van der Waals surface area contributed by atoms with E-state index >= 15 is 0 Å². The Bertz CT molecular complexity index is 806. The highest BCUT2D eigenvalue weighted by Crippen LogP contribution is 2.24. The van der Waals surface area contributed by atoms with Crippen molar-refractivity contribution >= 4 is 53.5 Å². The molecule has 0 heterocycles. The number of benzene rings is 2. The minimum absolute atomic E-state index is 0.118. The van der Waals surface area contributed by atoms with Crippen LogP contribution >= 0.6 is 31.9 Å². The normalized spacial score (nSPS) is 11.1. The standard InChI is InChI=1S/C13H9Br2NO4S/c14-8-2-1-3-9(6-8)16-21(19,20)10-4-5-12(15)11(7-10)13(17)18/h1-7,16H,(H,17,18). The number of carboxylic acids is 1. The third-order valence-corrected chi connectivity index (χ3v) is 5.12. The van der Waals surface area contributed by atoms with Crippen molar-refractivity contribution in [3.05, 3.63) is 57.0 Å². The number of anilines is 1. The lowest BCUT2D eigenvalue weighted by Gasteiger charge is -2.09. The van der Waals surface area contributed by atoms with Gasteiger partial charge < -0.3 is 5.11 Å². The molecule has 8 heteroatoms. The summed E-state index contributed by atoms with van der Waals surface area (Å²) in [7, 11) is -3.86. The zero-order chi connectivity index (χ0) is 15.6. The molecule has 21 heavy (non-hydrogen) atoms. The lowest BCUT2D eigenvalue weighted by Crippen LogP contribution is -2.14. The van der Waals surface area contributed by atoms with Crippen molar-refractivity contribution in [3.63, 3.8) is 0 Å². The van der Waals surface area contributed by atoms with E-state index in [4.69, 9.17) is 5.11 Å². The van der Waals surface area contributed by atoms with Crippen LogP contribution in [0.2, 0.25) is 0 Å². The summed E-state index contributed by atoms with van der Waals surface area (Å²) in [4.78, 5) is 10.9. The van der Waals surface area contributed by atoms with Gasteiger partial charge in [-0.1, -0.05) is 22.0 Å². The first-order valence-electron chi connectivity index (χ1n) is 5.61. The number of aromatic carboxylic acids is 1. The molecule has 0 aliphatic carbocycles. The molecular formula is C13H9Br2NO4S. The van der Waals surface area contributed by atoms with Crippen LogP contribution in [0.5, 0.6) is 0 Å². The molecule has 5 nitrogen and oxygen atoms in total. The number of sulfonamides is 1. The van der Waals surface area contributed by atoms with Gasteiger partial charge in [0.15, 0.2) is 0 Å². The summed E-state index contributed by atoms with van der Waals surface area (Å²) in [6.45, 7) is 0. The maximum Gasteiger partial charge on any atom is 0.336 e. The molecule has 2 rings (SSSR count). The second kappa shape index (κ2) is 6.17. The average Bonchev–Trinajstić information content (AvgIpc) is 2.38. The van der Waals surface area contributed by atoms with Crippen LogP contribution in [0.25, 0.3) is 0 Å². The molecule has 0 atom stereocenters. The molecule has 2 aromatic rings. The van der Waals surface area contributed by atoms with Gasteiger partial charge in [-0.05, 0) is 52.3 Å². The van der Waals surface area contributed by atoms with Gasteiger partial charge in [0.2, 0.25) is 0 Å². The second-order valence-corrected chi connectivity index (χ2v) is 7.52.